The lowest BCUT2D eigenvalue weighted by molar-refractivity contribution is -0.128. The number of hydrogen-bond acceptors (Lipinski definition) is 4. The Bertz CT molecular complexity index is 911. The summed E-state index contributed by atoms with van der Waals surface area (Å²) in [6, 6.07) is 12.6. The van der Waals surface area contributed by atoms with Crippen molar-refractivity contribution in [3.63, 3.8) is 0 Å². The third kappa shape index (κ3) is 6.42. The van der Waals surface area contributed by atoms with Crippen LogP contribution in [0.25, 0.3) is 5.76 Å². The molecule has 0 heterocycles. The first-order valence-corrected chi connectivity index (χ1v) is 8.86. The molecular weight excluding hydrogens is 377 g/mol. The second kappa shape index (κ2) is 9.32. The van der Waals surface area contributed by atoms with E-state index in [1.165, 1.54) is 24.3 Å². The number of carbonyl (C=O) groups excluding carboxylic acids is 2. The van der Waals surface area contributed by atoms with E-state index in [4.69, 9.17) is 4.74 Å². The zero-order valence-electron chi connectivity index (χ0n) is 16.4. The molecule has 4 nitrogen and oxygen atoms in total. The molecule has 150 valence electrons. The highest BCUT2D eigenvalue weighted by Gasteiger charge is 2.22. The number of halogens is 2. The Morgan fingerprint density at radius 1 is 0.966 bits per heavy atom. The number of carbonyl (C=O) groups is 2. The van der Waals surface area contributed by atoms with Crippen LogP contribution in [-0.4, -0.2) is 19.2 Å². The lowest BCUT2D eigenvalue weighted by Gasteiger charge is -2.19. The monoisotopic (exact) mass is 398 g/mol. The fraction of sp³-hybridized carbons (Fsp3) is 0.182. The third-order valence-electron chi connectivity index (χ3n) is 4.04. The van der Waals surface area contributed by atoms with Crippen molar-refractivity contribution in [2.75, 3.05) is 0 Å². The molecule has 0 unspecified atom stereocenters. The minimum absolute atomic E-state index is 0.0986. The Labute approximate surface area is 169 Å². The Kier molecular flexibility index (Phi) is 7.10. The Morgan fingerprint density at radius 2 is 1.52 bits per heavy atom. The van der Waals surface area contributed by atoms with Crippen LogP contribution in [0.3, 0.4) is 0 Å². The topological polar surface area (TPSA) is 52.6 Å². The lowest BCUT2D eigenvalue weighted by Crippen LogP contribution is -2.11. The molecule has 0 aliphatic carbocycles. The van der Waals surface area contributed by atoms with E-state index in [0.717, 1.165) is 17.7 Å². The molecule has 0 aliphatic heterocycles. The average Bonchev–Trinajstić information content (AvgIpc) is 2.67. The Hall–Kier alpha value is -3.22. The number of rotatable bonds is 7. The number of esters is 1. The van der Waals surface area contributed by atoms with Crippen LogP contribution in [0.4, 0.5) is 8.63 Å². The summed E-state index contributed by atoms with van der Waals surface area (Å²) in [5.74, 6) is -1.15. The molecule has 0 atom stereocenters. The van der Waals surface area contributed by atoms with Gasteiger partial charge in [0.2, 0.25) is 0 Å². The summed E-state index contributed by atoms with van der Waals surface area (Å²) in [4.78, 5) is 23.7. The molecule has 0 spiro atoms. The van der Waals surface area contributed by atoms with Crippen molar-refractivity contribution >= 4 is 25.0 Å². The van der Waals surface area contributed by atoms with Crippen LogP contribution in [-0.2, 0) is 14.9 Å². The van der Waals surface area contributed by atoms with Crippen LogP contribution >= 0.6 is 0 Å². The highest BCUT2D eigenvalue weighted by atomic mass is 19.2. The summed E-state index contributed by atoms with van der Waals surface area (Å²) in [6.45, 7) is 9.40. The van der Waals surface area contributed by atoms with Gasteiger partial charge in [0.05, 0.1) is 0 Å². The molecule has 0 fully saturated rings. The van der Waals surface area contributed by atoms with E-state index in [-0.39, 0.29) is 22.5 Å². The van der Waals surface area contributed by atoms with Gasteiger partial charge in [-0.25, -0.2) is 13.4 Å². The van der Waals surface area contributed by atoms with Gasteiger partial charge in [-0.2, -0.15) is 0 Å². The molecule has 0 amide bonds. The first-order valence-electron chi connectivity index (χ1n) is 8.86. The number of benzene rings is 2. The molecule has 2 aromatic rings. The predicted molar refractivity (Wildman–Crippen MR) is 109 cm³/mol. The fourth-order valence-electron chi connectivity index (χ4n) is 2.46. The second-order valence-electron chi connectivity index (χ2n) is 7.23. The largest absolute Gasteiger partial charge is 0.796 e. The molecule has 0 saturated heterocycles. The van der Waals surface area contributed by atoms with Crippen LogP contribution in [0.1, 0.15) is 42.3 Å². The summed E-state index contributed by atoms with van der Waals surface area (Å²) in [7, 11) is -3.07. The molecule has 2 rings (SSSR count). The maximum Gasteiger partial charge on any atom is 0.796 e. The van der Waals surface area contributed by atoms with Crippen LogP contribution in [0.2, 0.25) is 0 Å². The number of allylic oxidation sites excluding steroid dienone is 1. The number of ether oxygens (including phenoxy) is 1. The van der Waals surface area contributed by atoms with Crippen molar-refractivity contribution in [1.29, 1.82) is 0 Å². The van der Waals surface area contributed by atoms with Crippen LogP contribution in [0.15, 0.2) is 67.3 Å². The predicted octanol–water partition coefficient (Wildman–Crippen LogP) is 5.24. The average molecular weight is 398 g/mol. The first-order chi connectivity index (χ1) is 13.6. The molecule has 0 N–H and O–H groups in total. The van der Waals surface area contributed by atoms with E-state index < -0.39 is 19.2 Å². The molecule has 2 aromatic carbocycles. The van der Waals surface area contributed by atoms with Gasteiger partial charge in [0, 0.05) is 23.3 Å². The summed E-state index contributed by atoms with van der Waals surface area (Å²) in [6.07, 6.45) is 2.03. The molecule has 29 heavy (non-hydrogen) atoms. The maximum atomic E-state index is 12.9. The van der Waals surface area contributed by atoms with E-state index in [2.05, 4.69) is 11.2 Å². The van der Waals surface area contributed by atoms with Crippen LogP contribution < -0.4 is 4.74 Å². The number of ketones is 1. The van der Waals surface area contributed by atoms with Crippen molar-refractivity contribution in [2.24, 2.45) is 0 Å². The SMILES string of the molecule is C=CC(=O)Oc1ccc(C(=O)C=C(OB(F)F)c2ccc(C(C)(C)C)cc2)cc1. The molecule has 7 heteroatoms. The van der Waals surface area contributed by atoms with Crippen molar-refractivity contribution in [3.8, 4) is 5.75 Å². The third-order valence-corrected chi connectivity index (χ3v) is 4.04. The first kappa shape index (κ1) is 22.1. The minimum Gasteiger partial charge on any atom is -0.505 e. The Morgan fingerprint density at radius 3 is 2.00 bits per heavy atom. The van der Waals surface area contributed by atoms with Crippen LogP contribution in [0, 0.1) is 0 Å². The van der Waals surface area contributed by atoms with Gasteiger partial charge in [-0.15, -0.1) is 0 Å². The highest BCUT2D eigenvalue weighted by molar-refractivity contribution is 6.36. The summed E-state index contributed by atoms with van der Waals surface area (Å²) < 4.78 is 35.2. The van der Waals surface area contributed by atoms with Gasteiger partial charge in [-0.3, -0.25) is 4.79 Å². The van der Waals surface area contributed by atoms with Crippen molar-refractivity contribution < 1.29 is 27.6 Å². The summed E-state index contributed by atoms with van der Waals surface area (Å²) >= 11 is 0. The maximum absolute atomic E-state index is 12.9. The quantitative estimate of drug-likeness (QED) is 0.160. The van der Waals surface area contributed by atoms with Gasteiger partial charge in [0.15, 0.2) is 5.78 Å². The van der Waals surface area contributed by atoms with Crippen molar-refractivity contribution in [3.05, 3.63) is 84.0 Å². The van der Waals surface area contributed by atoms with E-state index in [9.17, 15) is 18.2 Å². The van der Waals surface area contributed by atoms with Crippen LogP contribution in [0.5, 0.6) is 5.75 Å². The lowest BCUT2D eigenvalue weighted by atomic mass is 9.86. The van der Waals surface area contributed by atoms with Crippen molar-refractivity contribution in [1.82, 2.24) is 0 Å². The normalized spacial score (nSPS) is 11.6. The van der Waals surface area contributed by atoms with Gasteiger partial charge < -0.3 is 9.39 Å². The summed E-state index contributed by atoms with van der Waals surface area (Å²) in [5, 5.41) is 0. The smallest absolute Gasteiger partial charge is 0.505 e. The number of hydrogen-bond donors (Lipinski definition) is 0. The van der Waals surface area contributed by atoms with Gasteiger partial charge >= 0.3 is 13.4 Å². The molecule has 0 saturated carbocycles. The van der Waals surface area contributed by atoms with E-state index >= 15 is 0 Å². The fourth-order valence-corrected chi connectivity index (χ4v) is 2.46. The molecule has 0 aromatic heterocycles. The van der Waals surface area contributed by atoms with E-state index in [1.54, 1.807) is 12.1 Å². The minimum atomic E-state index is -3.07. The zero-order chi connectivity index (χ0) is 21.6. The second-order valence-corrected chi connectivity index (χ2v) is 7.23. The molecule has 0 aliphatic rings. The molecule has 0 radical (unpaired) electrons. The highest BCUT2D eigenvalue weighted by Crippen LogP contribution is 2.26. The zero-order valence-corrected chi connectivity index (χ0v) is 16.4. The Balaban J connectivity index is 2.28. The van der Waals surface area contributed by atoms with Gasteiger partial charge in [0.25, 0.3) is 0 Å². The summed E-state index contributed by atoms with van der Waals surface area (Å²) in [5.41, 5.74) is 1.51. The van der Waals surface area contributed by atoms with Gasteiger partial charge in [-0.05, 0) is 35.2 Å². The van der Waals surface area contributed by atoms with Gasteiger partial charge in [-0.1, -0.05) is 51.6 Å². The van der Waals surface area contributed by atoms with E-state index in [0.29, 0.717) is 5.56 Å². The van der Waals surface area contributed by atoms with E-state index in [1.807, 2.05) is 32.9 Å². The molecular formula is C22H21BF2O4. The van der Waals surface area contributed by atoms with Gasteiger partial charge in [0.1, 0.15) is 11.5 Å². The molecule has 0 bridgehead atoms. The van der Waals surface area contributed by atoms with Crippen molar-refractivity contribution in [2.45, 2.75) is 26.2 Å². The standard InChI is InChI=1S/C22H21BF2O4/c1-5-21(27)28-18-12-8-15(9-13-18)19(26)14-20(29-23(24)25)16-6-10-17(11-7-16)22(2,3)4/h5-14H,1H2,2-4H3.